The first-order chi connectivity index (χ1) is 9.24. The predicted octanol–water partition coefficient (Wildman–Crippen LogP) is 1.87. The maximum atomic E-state index is 4.49. The molecule has 2 aliphatic heterocycles. The van der Waals surface area contributed by atoms with E-state index < -0.39 is 0 Å². The van der Waals surface area contributed by atoms with Gasteiger partial charge in [0.2, 0.25) is 0 Å². The van der Waals surface area contributed by atoms with Crippen LogP contribution >= 0.6 is 0 Å². The van der Waals surface area contributed by atoms with Crippen LogP contribution in [0.15, 0.2) is 6.07 Å². The van der Waals surface area contributed by atoms with Gasteiger partial charge in [-0.05, 0) is 39.2 Å². The molecular weight excluding hydrogens is 238 g/mol. The second-order valence-electron chi connectivity index (χ2n) is 5.63. The largest absolute Gasteiger partial charge is 0.373 e. The Balaban J connectivity index is 1.66. The van der Waals surface area contributed by atoms with Gasteiger partial charge in [0.25, 0.3) is 0 Å². The maximum Gasteiger partial charge on any atom is 0.132 e. The number of rotatable bonds is 3. The minimum Gasteiger partial charge on any atom is -0.373 e. The summed E-state index contributed by atoms with van der Waals surface area (Å²) < 4.78 is 0. The monoisotopic (exact) mass is 261 g/mol. The number of hydrogen-bond donors (Lipinski definition) is 2. The van der Waals surface area contributed by atoms with E-state index in [0.717, 1.165) is 23.5 Å². The van der Waals surface area contributed by atoms with Gasteiger partial charge in [0.1, 0.15) is 17.5 Å². The average Bonchev–Trinajstić information content (AvgIpc) is 2.85. The highest BCUT2D eigenvalue weighted by Gasteiger charge is 2.31. The summed E-state index contributed by atoms with van der Waals surface area (Å²) >= 11 is 0. The van der Waals surface area contributed by atoms with Crippen molar-refractivity contribution in [3.63, 3.8) is 0 Å². The molecule has 0 bridgehead atoms. The molecule has 2 atom stereocenters. The number of nitrogens with one attached hydrogen (secondary N) is 2. The second kappa shape index (κ2) is 5.33. The number of fused-ring (bicyclic) bond motifs is 1. The lowest BCUT2D eigenvalue weighted by Crippen LogP contribution is -2.42. The molecule has 0 aliphatic carbocycles. The Morgan fingerprint density at radius 3 is 2.89 bits per heavy atom. The van der Waals surface area contributed by atoms with Gasteiger partial charge in [0, 0.05) is 31.7 Å². The van der Waals surface area contributed by atoms with E-state index in [-0.39, 0.29) is 0 Å². The van der Waals surface area contributed by atoms with Crippen molar-refractivity contribution in [1.82, 2.24) is 14.9 Å². The third-order valence-electron chi connectivity index (χ3n) is 4.27. The van der Waals surface area contributed by atoms with Crippen LogP contribution in [0, 0.1) is 6.92 Å². The Hall–Kier alpha value is -1.36. The van der Waals surface area contributed by atoms with Crippen molar-refractivity contribution >= 4 is 11.6 Å². The van der Waals surface area contributed by atoms with E-state index in [1.165, 1.54) is 38.8 Å². The standard InChI is InChI=1S/C14H23N5/c1-10-16-13(15-2)9-14(17-10)18-11-5-7-19-6-3-4-12(19)8-11/h9,11-12H,3-8H2,1-2H3,(H2,15,16,17,18). The van der Waals surface area contributed by atoms with Gasteiger partial charge in [0.05, 0.1) is 0 Å². The molecule has 5 nitrogen and oxygen atoms in total. The van der Waals surface area contributed by atoms with Gasteiger partial charge >= 0.3 is 0 Å². The molecule has 0 spiro atoms. The quantitative estimate of drug-likeness (QED) is 0.870. The van der Waals surface area contributed by atoms with Crippen LogP contribution < -0.4 is 10.6 Å². The van der Waals surface area contributed by atoms with E-state index >= 15 is 0 Å². The third-order valence-corrected chi connectivity index (χ3v) is 4.27. The van der Waals surface area contributed by atoms with Gasteiger partial charge in [-0.2, -0.15) is 0 Å². The van der Waals surface area contributed by atoms with E-state index in [0.29, 0.717) is 6.04 Å². The van der Waals surface area contributed by atoms with Crippen LogP contribution in [0.5, 0.6) is 0 Å². The van der Waals surface area contributed by atoms with E-state index in [1.54, 1.807) is 0 Å². The molecular formula is C14H23N5. The van der Waals surface area contributed by atoms with Crippen molar-refractivity contribution in [3.8, 4) is 0 Å². The van der Waals surface area contributed by atoms with Crippen LogP contribution in [0.2, 0.25) is 0 Å². The summed E-state index contributed by atoms with van der Waals surface area (Å²) in [6.07, 6.45) is 5.20. The fourth-order valence-corrected chi connectivity index (χ4v) is 3.33. The van der Waals surface area contributed by atoms with Gasteiger partial charge in [-0.25, -0.2) is 9.97 Å². The summed E-state index contributed by atoms with van der Waals surface area (Å²) in [5, 5.41) is 6.67. The van der Waals surface area contributed by atoms with Crippen LogP contribution in [0.25, 0.3) is 0 Å². The highest BCUT2D eigenvalue weighted by molar-refractivity contribution is 5.47. The molecule has 3 heterocycles. The number of hydrogen-bond acceptors (Lipinski definition) is 5. The summed E-state index contributed by atoms with van der Waals surface area (Å²) in [7, 11) is 1.89. The summed E-state index contributed by atoms with van der Waals surface area (Å²) in [5.41, 5.74) is 0. The van der Waals surface area contributed by atoms with E-state index in [1.807, 2.05) is 20.0 Å². The second-order valence-corrected chi connectivity index (χ2v) is 5.63. The van der Waals surface area contributed by atoms with Gasteiger partial charge in [-0.15, -0.1) is 0 Å². The highest BCUT2D eigenvalue weighted by atomic mass is 15.2. The van der Waals surface area contributed by atoms with E-state index in [2.05, 4.69) is 25.5 Å². The zero-order valence-corrected chi connectivity index (χ0v) is 11.8. The van der Waals surface area contributed by atoms with Crippen LogP contribution in [0.1, 0.15) is 31.5 Å². The zero-order chi connectivity index (χ0) is 13.2. The first-order valence-corrected chi connectivity index (χ1v) is 7.28. The molecule has 0 radical (unpaired) electrons. The highest BCUT2D eigenvalue weighted by Crippen LogP contribution is 2.28. The van der Waals surface area contributed by atoms with Gasteiger partial charge < -0.3 is 15.5 Å². The first-order valence-electron chi connectivity index (χ1n) is 7.28. The summed E-state index contributed by atoms with van der Waals surface area (Å²) in [5.74, 6) is 2.65. The lowest BCUT2D eigenvalue weighted by Gasteiger charge is -2.35. The minimum atomic E-state index is 0.554. The number of anilines is 2. The molecule has 19 heavy (non-hydrogen) atoms. The predicted molar refractivity (Wildman–Crippen MR) is 77.6 cm³/mol. The summed E-state index contributed by atoms with van der Waals surface area (Å²) in [6, 6.07) is 3.34. The van der Waals surface area contributed by atoms with Gasteiger partial charge in [0.15, 0.2) is 0 Å². The zero-order valence-electron chi connectivity index (χ0n) is 11.8. The SMILES string of the molecule is CNc1cc(NC2CCN3CCCC3C2)nc(C)n1. The van der Waals surface area contributed by atoms with E-state index in [4.69, 9.17) is 0 Å². The molecule has 3 rings (SSSR count). The van der Waals surface area contributed by atoms with Crippen molar-refractivity contribution in [2.45, 2.75) is 44.7 Å². The first kappa shape index (κ1) is 12.7. The molecule has 2 N–H and O–H groups in total. The van der Waals surface area contributed by atoms with Crippen LogP contribution in [-0.4, -0.2) is 47.1 Å². The van der Waals surface area contributed by atoms with Gasteiger partial charge in [-0.1, -0.05) is 0 Å². The number of nitrogens with zero attached hydrogens (tertiary/aromatic N) is 3. The molecule has 0 amide bonds. The molecule has 104 valence electrons. The van der Waals surface area contributed by atoms with Crippen molar-refractivity contribution < 1.29 is 0 Å². The van der Waals surface area contributed by atoms with Crippen molar-refractivity contribution in [2.24, 2.45) is 0 Å². The normalized spacial score (nSPS) is 27.1. The average molecular weight is 261 g/mol. The summed E-state index contributed by atoms with van der Waals surface area (Å²) in [6.45, 7) is 4.46. The molecule has 2 aliphatic rings. The topological polar surface area (TPSA) is 53.1 Å². The molecule has 1 aromatic heterocycles. The van der Waals surface area contributed by atoms with E-state index in [9.17, 15) is 0 Å². The lowest BCUT2D eigenvalue weighted by molar-refractivity contribution is 0.188. The fourth-order valence-electron chi connectivity index (χ4n) is 3.33. The molecule has 5 heteroatoms. The molecule has 2 unspecified atom stereocenters. The van der Waals surface area contributed by atoms with Crippen molar-refractivity contribution in [2.75, 3.05) is 30.8 Å². The Morgan fingerprint density at radius 1 is 1.21 bits per heavy atom. The molecule has 0 aromatic carbocycles. The minimum absolute atomic E-state index is 0.554. The molecule has 2 saturated heterocycles. The molecule has 0 saturated carbocycles. The number of piperidine rings is 1. The van der Waals surface area contributed by atoms with Crippen molar-refractivity contribution in [1.29, 1.82) is 0 Å². The molecule has 2 fully saturated rings. The summed E-state index contributed by atoms with van der Waals surface area (Å²) in [4.78, 5) is 11.5. The maximum absolute atomic E-state index is 4.49. The van der Waals surface area contributed by atoms with Gasteiger partial charge in [-0.3, -0.25) is 0 Å². The molecule has 1 aromatic rings. The smallest absolute Gasteiger partial charge is 0.132 e. The Bertz CT molecular complexity index is 447. The Labute approximate surface area is 114 Å². The van der Waals surface area contributed by atoms with Crippen LogP contribution in [0.4, 0.5) is 11.6 Å². The fraction of sp³-hybridized carbons (Fsp3) is 0.714. The lowest BCUT2D eigenvalue weighted by atomic mass is 9.97. The Kier molecular flexibility index (Phi) is 3.55. The van der Waals surface area contributed by atoms with Crippen LogP contribution in [-0.2, 0) is 0 Å². The van der Waals surface area contributed by atoms with Crippen LogP contribution in [0.3, 0.4) is 0 Å². The number of aryl methyl sites for hydroxylation is 1. The van der Waals surface area contributed by atoms with Crippen molar-refractivity contribution in [3.05, 3.63) is 11.9 Å². The Morgan fingerprint density at radius 2 is 2.05 bits per heavy atom. The number of aromatic nitrogens is 2. The third kappa shape index (κ3) is 2.81.